The van der Waals surface area contributed by atoms with E-state index in [1.54, 1.807) is 4.90 Å². The van der Waals surface area contributed by atoms with Gasteiger partial charge in [0, 0.05) is 51.7 Å². The SMILES string of the molecule is CC(=O)N1CCc2nc(N3CCC(S(=O)(=O)c4ccc(F)cc4F)CC3)c(N[C@@H](C)CCO)nc2C1. The first-order valence-electron chi connectivity index (χ1n) is 12.1. The van der Waals surface area contributed by atoms with Crippen molar-refractivity contribution in [1.82, 2.24) is 14.9 Å². The topological polar surface area (TPSA) is 116 Å². The van der Waals surface area contributed by atoms with Crippen LogP contribution in [0.15, 0.2) is 23.1 Å². The van der Waals surface area contributed by atoms with Gasteiger partial charge in [-0.25, -0.2) is 27.2 Å². The Labute approximate surface area is 209 Å². The van der Waals surface area contributed by atoms with E-state index < -0.39 is 31.6 Å². The fraction of sp³-hybridized carbons (Fsp3) is 0.542. The van der Waals surface area contributed by atoms with Crippen molar-refractivity contribution in [3.8, 4) is 0 Å². The minimum Gasteiger partial charge on any atom is -0.396 e. The summed E-state index contributed by atoms with van der Waals surface area (Å²) in [5.41, 5.74) is 1.51. The first-order chi connectivity index (χ1) is 17.1. The minimum atomic E-state index is -3.97. The van der Waals surface area contributed by atoms with Gasteiger partial charge in [-0.2, -0.15) is 0 Å². The molecular formula is C24H31F2N5O4S. The van der Waals surface area contributed by atoms with E-state index in [0.29, 0.717) is 62.4 Å². The number of carbonyl (C=O) groups is 1. The Morgan fingerprint density at radius 2 is 1.92 bits per heavy atom. The van der Waals surface area contributed by atoms with E-state index >= 15 is 0 Å². The summed E-state index contributed by atoms with van der Waals surface area (Å²) < 4.78 is 53.6. The van der Waals surface area contributed by atoms with Crippen LogP contribution in [-0.2, 0) is 27.6 Å². The van der Waals surface area contributed by atoms with Crippen LogP contribution in [0.3, 0.4) is 0 Å². The number of benzene rings is 1. The van der Waals surface area contributed by atoms with E-state index in [1.807, 2.05) is 11.8 Å². The molecule has 1 aromatic carbocycles. The van der Waals surface area contributed by atoms with Gasteiger partial charge in [-0.1, -0.05) is 0 Å². The molecule has 3 heterocycles. The number of sulfone groups is 1. The molecule has 2 aliphatic heterocycles. The standard InChI is InChI=1S/C24H31F2N5O4S/c1-15(8-12-32)27-23-24(29-20-7-11-31(16(2)33)14-21(20)28-23)30-9-5-18(6-10-30)36(34,35)22-4-3-17(25)13-19(22)26/h3-4,13,15,18,32H,5-12,14H2,1-2H3,(H,27,28)/t15-/m0/s1. The molecule has 0 unspecified atom stereocenters. The third-order valence-corrected chi connectivity index (χ3v) is 9.06. The smallest absolute Gasteiger partial charge is 0.219 e. The van der Waals surface area contributed by atoms with E-state index in [4.69, 9.17) is 9.97 Å². The van der Waals surface area contributed by atoms with Gasteiger partial charge in [-0.15, -0.1) is 0 Å². The molecule has 0 radical (unpaired) electrons. The molecule has 4 rings (SSSR count). The number of hydrogen-bond acceptors (Lipinski definition) is 8. The predicted octanol–water partition coefficient (Wildman–Crippen LogP) is 2.28. The van der Waals surface area contributed by atoms with Gasteiger partial charge in [-0.3, -0.25) is 4.79 Å². The molecule has 36 heavy (non-hydrogen) atoms. The molecule has 1 aromatic heterocycles. The number of rotatable bonds is 7. The Hall–Kier alpha value is -2.86. The third kappa shape index (κ3) is 5.44. The van der Waals surface area contributed by atoms with Crippen LogP contribution in [-0.4, -0.2) is 71.8 Å². The van der Waals surface area contributed by atoms with Gasteiger partial charge in [0.05, 0.1) is 23.2 Å². The summed E-state index contributed by atoms with van der Waals surface area (Å²) in [7, 11) is -3.97. The Balaban J connectivity index is 1.57. The molecule has 0 bridgehead atoms. The lowest BCUT2D eigenvalue weighted by atomic mass is 10.1. The van der Waals surface area contributed by atoms with Crippen molar-refractivity contribution < 1.29 is 27.1 Å². The number of hydrogen-bond donors (Lipinski definition) is 2. The lowest BCUT2D eigenvalue weighted by Gasteiger charge is -2.35. The van der Waals surface area contributed by atoms with Crippen molar-refractivity contribution in [2.24, 2.45) is 0 Å². The fourth-order valence-electron chi connectivity index (χ4n) is 4.67. The van der Waals surface area contributed by atoms with Gasteiger partial charge in [-0.05, 0) is 38.3 Å². The predicted molar refractivity (Wildman–Crippen MR) is 130 cm³/mol. The molecule has 1 fully saturated rings. The summed E-state index contributed by atoms with van der Waals surface area (Å²) in [6.45, 7) is 5.08. The molecule has 12 heteroatoms. The maximum atomic E-state index is 14.2. The van der Waals surface area contributed by atoms with Gasteiger partial charge in [0.2, 0.25) is 5.91 Å². The second-order valence-electron chi connectivity index (χ2n) is 9.34. The highest BCUT2D eigenvalue weighted by atomic mass is 32.2. The molecular weight excluding hydrogens is 492 g/mol. The highest BCUT2D eigenvalue weighted by molar-refractivity contribution is 7.92. The average molecular weight is 524 g/mol. The van der Waals surface area contributed by atoms with Gasteiger partial charge in [0.15, 0.2) is 21.5 Å². The second kappa shape index (κ2) is 10.6. The summed E-state index contributed by atoms with van der Waals surface area (Å²) in [5.74, 6) is -0.823. The molecule has 0 saturated carbocycles. The number of aromatic nitrogens is 2. The first-order valence-corrected chi connectivity index (χ1v) is 13.6. The van der Waals surface area contributed by atoms with Crippen molar-refractivity contribution in [1.29, 1.82) is 0 Å². The number of piperidine rings is 1. The number of aliphatic hydroxyl groups excluding tert-OH is 1. The number of aliphatic hydroxyl groups is 1. The fourth-order valence-corrected chi connectivity index (χ4v) is 6.45. The lowest BCUT2D eigenvalue weighted by Crippen LogP contribution is -2.41. The molecule has 0 spiro atoms. The Morgan fingerprint density at radius 3 is 2.56 bits per heavy atom. The van der Waals surface area contributed by atoms with Crippen LogP contribution in [0.25, 0.3) is 0 Å². The zero-order chi connectivity index (χ0) is 26.0. The van der Waals surface area contributed by atoms with Gasteiger partial charge in [0.1, 0.15) is 16.5 Å². The number of nitrogens with zero attached hydrogens (tertiary/aromatic N) is 4. The summed E-state index contributed by atoms with van der Waals surface area (Å²) >= 11 is 0. The minimum absolute atomic E-state index is 0.00316. The number of amides is 1. The van der Waals surface area contributed by atoms with Crippen molar-refractivity contribution in [2.45, 2.75) is 62.3 Å². The molecule has 1 saturated heterocycles. The summed E-state index contributed by atoms with van der Waals surface area (Å²) in [4.78, 5) is 24.7. The monoisotopic (exact) mass is 523 g/mol. The zero-order valence-electron chi connectivity index (χ0n) is 20.4. The van der Waals surface area contributed by atoms with Crippen LogP contribution in [0.2, 0.25) is 0 Å². The van der Waals surface area contributed by atoms with Crippen LogP contribution in [0.1, 0.15) is 44.5 Å². The molecule has 1 amide bonds. The number of carbonyl (C=O) groups excluding carboxylic acids is 1. The molecule has 2 aliphatic rings. The first kappa shape index (κ1) is 26.2. The van der Waals surface area contributed by atoms with Crippen molar-refractivity contribution in [3.63, 3.8) is 0 Å². The van der Waals surface area contributed by atoms with E-state index in [9.17, 15) is 27.1 Å². The van der Waals surface area contributed by atoms with E-state index in [-0.39, 0.29) is 31.4 Å². The van der Waals surface area contributed by atoms with E-state index in [1.165, 1.54) is 6.92 Å². The molecule has 0 aliphatic carbocycles. The second-order valence-corrected chi connectivity index (χ2v) is 11.5. The van der Waals surface area contributed by atoms with Crippen LogP contribution in [0.4, 0.5) is 20.4 Å². The zero-order valence-corrected chi connectivity index (χ0v) is 21.2. The molecule has 2 aromatic rings. The lowest BCUT2D eigenvalue weighted by molar-refractivity contribution is -0.129. The summed E-state index contributed by atoms with van der Waals surface area (Å²) in [6, 6.07) is 2.43. The highest BCUT2D eigenvalue weighted by Gasteiger charge is 2.35. The number of halogens is 2. The number of nitrogens with one attached hydrogen (secondary N) is 1. The molecule has 196 valence electrons. The Kier molecular flexibility index (Phi) is 7.74. The van der Waals surface area contributed by atoms with Crippen molar-refractivity contribution >= 4 is 27.4 Å². The molecule has 1 atom stereocenters. The number of fused-ring (bicyclic) bond motifs is 1. The summed E-state index contributed by atoms with van der Waals surface area (Å²) in [5, 5.41) is 11.8. The molecule has 9 nitrogen and oxygen atoms in total. The average Bonchev–Trinajstić information content (AvgIpc) is 2.83. The maximum absolute atomic E-state index is 14.2. The Morgan fingerprint density at radius 1 is 1.19 bits per heavy atom. The van der Waals surface area contributed by atoms with Gasteiger partial charge < -0.3 is 20.2 Å². The molecule has 2 N–H and O–H groups in total. The number of anilines is 2. The van der Waals surface area contributed by atoms with Crippen LogP contribution < -0.4 is 10.2 Å². The van der Waals surface area contributed by atoms with Crippen LogP contribution in [0.5, 0.6) is 0 Å². The highest BCUT2D eigenvalue weighted by Crippen LogP contribution is 2.32. The largest absolute Gasteiger partial charge is 0.396 e. The van der Waals surface area contributed by atoms with Gasteiger partial charge in [0.25, 0.3) is 0 Å². The third-order valence-electron chi connectivity index (χ3n) is 6.76. The van der Waals surface area contributed by atoms with E-state index in [2.05, 4.69) is 5.32 Å². The summed E-state index contributed by atoms with van der Waals surface area (Å²) in [6.07, 6.45) is 1.57. The van der Waals surface area contributed by atoms with Crippen molar-refractivity contribution in [2.75, 3.05) is 36.5 Å². The van der Waals surface area contributed by atoms with Crippen LogP contribution >= 0.6 is 0 Å². The van der Waals surface area contributed by atoms with E-state index in [0.717, 1.165) is 17.8 Å². The quantitative estimate of drug-likeness (QED) is 0.531. The maximum Gasteiger partial charge on any atom is 0.219 e. The van der Waals surface area contributed by atoms with Crippen LogP contribution in [0, 0.1) is 11.6 Å². The normalized spacial score (nSPS) is 17.6. The van der Waals surface area contributed by atoms with Crippen molar-refractivity contribution in [3.05, 3.63) is 41.2 Å². The van der Waals surface area contributed by atoms with Gasteiger partial charge >= 0.3 is 0 Å². The Bertz CT molecular complexity index is 1240.